The second-order valence-electron chi connectivity index (χ2n) is 12.6. The van der Waals surface area contributed by atoms with Crippen molar-refractivity contribution in [2.75, 3.05) is 0 Å². The monoisotopic (exact) mass is 480 g/mol. The highest BCUT2D eigenvalue weighted by molar-refractivity contribution is 5.88. The van der Waals surface area contributed by atoms with Crippen LogP contribution < -0.4 is 0 Å². The van der Waals surface area contributed by atoms with Crippen LogP contribution in [-0.2, 0) is 19.1 Å². The lowest BCUT2D eigenvalue weighted by molar-refractivity contribution is -0.157. The fourth-order valence-corrected chi connectivity index (χ4v) is 8.29. The first-order valence-electron chi connectivity index (χ1n) is 13.3. The summed E-state index contributed by atoms with van der Waals surface area (Å²) in [4.78, 5) is 24.4. The summed E-state index contributed by atoms with van der Waals surface area (Å²) in [5.74, 6) is -0.0742. The molecule has 190 valence electrons. The van der Waals surface area contributed by atoms with E-state index in [-0.39, 0.29) is 40.7 Å². The van der Waals surface area contributed by atoms with Crippen molar-refractivity contribution >= 4 is 11.9 Å². The fourth-order valence-electron chi connectivity index (χ4n) is 8.29. The summed E-state index contributed by atoms with van der Waals surface area (Å²) in [5, 5.41) is 11.6. The van der Waals surface area contributed by atoms with Crippen molar-refractivity contribution in [3.8, 4) is 0 Å². The number of allylic oxidation sites excluding steroid dienone is 3. The van der Waals surface area contributed by atoms with Gasteiger partial charge in [-0.25, -0.2) is 9.59 Å². The molecule has 0 unspecified atom stereocenters. The number of rotatable bonds is 2. The smallest absolute Gasteiger partial charge is 0.333 e. The van der Waals surface area contributed by atoms with E-state index in [1.54, 1.807) is 0 Å². The second kappa shape index (κ2) is 8.19. The topological polar surface area (TPSA) is 72.8 Å². The molecule has 5 heteroatoms. The quantitative estimate of drug-likeness (QED) is 0.521. The molecule has 0 bridgehead atoms. The summed E-state index contributed by atoms with van der Waals surface area (Å²) in [6, 6.07) is 0. The van der Waals surface area contributed by atoms with Crippen LogP contribution in [0.3, 0.4) is 0 Å². The minimum Gasteiger partial charge on any atom is -0.458 e. The van der Waals surface area contributed by atoms with Gasteiger partial charge in [-0.3, -0.25) is 0 Å². The van der Waals surface area contributed by atoms with Gasteiger partial charge in [-0.05, 0) is 86.7 Å². The fraction of sp³-hybridized carbons (Fsp3) is 0.667. The van der Waals surface area contributed by atoms with E-state index in [1.165, 1.54) is 17.2 Å². The second-order valence-corrected chi connectivity index (χ2v) is 12.6. The van der Waals surface area contributed by atoms with E-state index >= 15 is 0 Å². The van der Waals surface area contributed by atoms with Gasteiger partial charge in [0, 0.05) is 24.0 Å². The number of cyclic esters (lactones) is 2. The average molecular weight is 481 g/mol. The SMILES string of the molecule is CC1=CC[C@@H]([C@@H](C)[C@H]2CC[C@@]3(C)C4=C(C=C5C=CC(=O)OC(C)(C)[C@@H]5[C@H](O)C4)CC[C@]23C)OC1=O. The Bertz CT molecular complexity index is 1070. The van der Waals surface area contributed by atoms with Crippen molar-refractivity contribution in [2.24, 2.45) is 28.6 Å². The molecule has 1 fully saturated rings. The largest absolute Gasteiger partial charge is 0.458 e. The molecular weight excluding hydrogens is 440 g/mol. The molecule has 5 rings (SSSR count). The Morgan fingerprint density at radius 1 is 1.11 bits per heavy atom. The third-order valence-electron chi connectivity index (χ3n) is 10.5. The lowest BCUT2D eigenvalue weighted by atomic mass is 9.52. The Balaban J connectivity index is 1.50. The van der Waals surface area contributed by atoms with Crippen LogP contribution in [0.5, 0.6) is 0 Å². The molecule has 2 aliphatic heterocycles. The molecule has 0 aromatic carbocycles. The van der Waals surface area contributed by atoms with Gasteiger partial charge in [-0.1, -0.05) is 44.6 Å². The number of hydrogen-bond acceptors (Lipinski definition) is 5. The van der Waals surface area contributed by atoms with Gasteiger partial charge in [0.15, 0.2) is 0 Å². The lowest BCUT2D eigenvalue weighted by Crippen LogP contribution is -2.47. The molecule has 1 saturated carbocycles. The van der Waals surface area contributed by atoms with Gasteiger partial charge in [0.05, 0.1) is 6.10 Å². The van der Waals surface area contributed by atoms with Crippen molar-refractivity contribution < 1.29 is 24.2 Å². The van der Waals surface area contributed by atoms with Crippen LogP contribution in [0, 0.1) is 28.6 Å². The van der Waals surface area contributed by atoms with Crippen LogP contribution >= 0.6 is 0 Å². The summed E-state index contributed by atoms with van der Waals surface area (Å²) in [5.41, 5.74) is 3.65. The average Bonchev–Trinajstić information content (AvgIpc) is 2.88. The number of hydrogen-bond donors (Lipinski definition) is 1. The van der Waals surface area contributed by atoms with Gasteiger partial charge in [-0.15, -0.1) is 0 Å². The normalized spacial score (nSPS) is 41.3. The van der Waals surface area contributed by atoms with E-state index in [9.17, 15) is 14.7 Å². The third-order valence-corrected chi connectivity index (χ3v) is 10.5. The van der Waals surface area contributed by atoms with Crippen LogP contribution in [0.25, 0.3) is 0 Å². The first kappa shape index (κ1) is 24.5. The van der Waals surface area contributed by atoms with Crippen LogP contribution in [-0.4, -0.2) is 34.9 Å². The van der Waals surface area contributed by atoms with Crippen molar-refractivity contribution in [3.05, 3.63) is 46.6 Å². The van der Waals surface area contributed by atoms with Crippen LogP contribution in [0.1, 0.15) is 80.1 Å². The minimum absolute atomic E-state index is 0.0317. The Labute approximate surface area is 209 Å². The molecule has 1 N–H and O–H groups in total. The molecule has 5 aliphatic rings. The number of esters is 2. The number of fused-ring (bicyclic) bond motifs is 3. The number of aliphatic hydroxyl groups excluding tert-OH is 1. The van der Waals surface area contributed by atoms with Gasteiger partial charge in [0.2, 0.25) is 0 Å². The molecule has 35 heavy (non-hydrogen) atoms. The van der Waals surface area contributed by atoms with Gasteiger partial charge in [0.1, 0.15) is 11.7 Å². The molecular formula is C30H40O5. The molecule has 3 aliphatic carbocycles. The van der Waals surface area contributed by atoms with Crippen molar-refractivity contribution in [1.82, 2.24) is 0 Å². The van der Waals surface area contributed by atoms with Gasteiger partial charge in [0.25, 0.3) is 0 Å². The van der Waals surface area contributed by atoms with E-state index in [2.05, 4.69) is 26.8 Å². The number of carbonyl (C=O) groups excluding carboxylic acids is 2. The van der Waals surface area contributed by atoms with Crippen molar-refractivity contribution in [3.63, 3.8) is 0 Å². The van der Waals surface area contributed by atoms with Gasteiger partial charge in [-0.2, -0.15) is 0 Å². The Kier molecular flexibility index (Phi) is 5.75. The van der Waals surface area contributed by atoms with E-state index in [0.29, 0.717) is 17.9 Å². The molecule has 7 atom stereocenters. The van der Waals surface area contributed by atoms with Crippen LogP contribution in [0.15, 0.2) is 46.6 Å². The Morgan fingerprint density at radius 3 is 2.57 bits per heavy atom. The summed E-state index contributed by atoms with van der Waals surface area (Å²) in [6.07, 6.45) is 12.5. The van der Waals surface area contributed by atoms with Gasteiger partial charge < -0.3 is 14.6 Å². The third kappa shape index (κ3) is 3.68. The van der Waals surface area contributed by atoms with Crippen molar-refractivity contribution in [2.45, 2.75) is 97.9 Å². The minimum atomic E-state index is -0.784. The number of ether oxygens (including phenoxy) is 2. The zero-order valence-electron chi connectivity index (χ0n) is 22.0. The molecule has 0 radical (unpaired) electrons. The maximum absolute atomic E-state index is 12.3. The predicted molar refractivity (Wildman–Crippen MR) is 134 cm³/mol. The molecule has 0 aromatic heterocycles. The molecule has 5 nitrogen and oxygen atoms in total. The van der Waals surface area contributed by atoms with E-state index in [1.807, 2.05) is 32.9 Å². The maximum atomic E-state index is 12.3. The zero-order valence-corrected chi connectivity index (χ0v) is 22.0. The van der Waals surface area contributed by atoms with Crippen LogP contribution in [0.2, 0.25) is 0 Å². The predicted octanol–water partition coefficient (Wildman–Crippen LogP) is 5.60. The molecule has 0 aromatic rings. The van der Waals surface area contributed by atoms with E-state index in [0.717, 1.165) is 37.7 Å². The highest BCUT2D eigenvalue weighted by atomic mass is 16.6. The highest BCUT2D eigenvalue weighted by Crippen LogP contribution is 2.68. The summed E-state index contributed by atoms with van der Waals surface area (Å²) in [7, 11) is 0. The van der Waals surface area contributed by atoms with Gasteiger partial charge >= 0.3 is 11.9 Å². The summed E-state index contributed by atoms with van der Waals surface area (Å²) < 4.78 is 11.6. The van der Waals surface area contributed by atoms with Crippen molar-refractivity contribution in [1.29, 1.82) is 0 Å². The molecule has 0 spiro atoms. The first-order chi connectivity index (χ1) is 16.4. The van der Waals surface area contributed by atoms with Crippen LogP contribution in [0.4, 0.5) is 0 Å². The summed E-state index contributed by atoms with van der Waals surface area (Å²) >= 11 is 0. The number of carbonyl (C=O) groups is 2. The molecule has 0 amide bonds. The zero-order chi connectivity index (χ0) is 25.3. The number of aliphatic hydroxyl groups is 1. The van der Waals surface area contributed by atoms with E-state index in [4.69, 9.17) is 9.47 Å². The molecule has 2 heterocycles. The lowest BCUT2D eigenvalue weighted by Gasteiger charge is -2.52. The first-order valence-corrected chi connectivity index (χ1v) is 13.3. The highest BCUT2D eigenvalue weighted by Gasteiger charge is 2.60. The Morgan fingerprint density at radius 2 is 1.86 bits per heavy atom. The summed E-state index contributed by atoms with van der Waals surface area (Å²) in [6.45, 7) is 12.7. The Hall–Kier alpha value is -2.14. The molecule has 0 saturated heterocycles. The van der Waals surface area contributed by atoms with E-state index < -0.39 is 11.7 Å². The standard InChI is InChI=1S/C30H40O5/c1-17-7-9-24(34-27(17)33)18(2)21-12-14-30(6)22-16-23(31)26-20(8-10-25(32)35-28(26,3)4)15-19(22)11-13-29(21,30)5/h7-8,10,15,18,21,23-24,26,31H,9,11-14,16H2,1-6H3/t18-,21+,23+,24-,26-,29+,30-/m0/s1. The maximum Gasteiger partial charge on any atom is 0.333 e.